The van der Waals surface area contributed by atoms with Crippen molar-refractivity contribution in [2.45, 2.75) is 6.92 Å². The van der Waals surface area contributed by atoms with E-state index in [1.165, 1.54) is 6.08 Å². The Labute approximate surface area is 123 Å². The molecule has 0 atom stereocenters. The fraction of sp³-hybridized carbons (Fsp3) is 0.118. The summed E-state index contributed by atoms with van der Waals surface area (Å²) in [6.07, 6.45) is 4.72. The second-order valence-corrected chi connectivity index (χ2v) is 4.25. The number of carbonyl (C=O) groups is 2. The molecule has 0 bridgehead atoms. The third kappa shape index (κ3) is 3.86. The maximum atomic E-state index is 12.5. The topological polar surface area (TPSA) is 56.3 Å². The molecule has 0 fully saturated rings. The van der Waals surface area contributed by atoms with Crippen LogP contribution >= 0.6 is 0 Å². The fourth-order valence-electron chi connectivity index (χ4n) is 1.80. The van der Waals surface area contributed by atoms with Gasteiger partial charge in [-0.05, 0) is 30.7 Å². The lowest BCUT2D eigenvalue weighted by Crippen LogP contribution is -2.16. The van der Waals surface area contributed by atoms with Crippen molar-refractivity contribution in [3.8, 4) is 0 Å². The molecule has 0 N–H and O–H groups in total. The van der Waals surface area contributed by atoms with Crippen molar-refractivity contribution in [2.24, 2.45) is 0 Å². The molecule has 0 radical (unpaired) electrons. The lowest BCUT2D eigenvalue weighted by Gasteiger charge is -2.06. The number of carbonyl (C=O) groups excluding carboxylic acids is 2. The Hall–Kier alpha value is -2.75. The van der Waals surface area contributed by atoms with E-state index in [1.807, 2.05) is 6.07 Å². The first-order valence-electron chi connectivity index (χ1n) is 6.61. The number of rotatable bonds is 5. The number of hydrogen-bond donors (Lipinski definition) is 0. The molecule has 21 heavy (non-hydrogen) atoms. The predicted octanol–water partition coefficient (Wildman–Crippen LogP) is 2.91. The monoisotopic (exact) mass is 281 g/mol. The Bertz CT molecular complexity index is 648. The van der Waals surface area contributed by atoms with Crippen LogP contribution in [0.25, 0.3) is 6.08 Å². The minimum atomic E-state index is -0.622. The molecule has 0 saturated carbocycles. The van der Waals surface area contributed by atoms with Gasteiger partial charge in [0.25, 0.3) is 0 Å². The van der Waals surface area contributed by atoms with Crippen LogP contribution in [0, 0.1) is 0 Å². The normalized spacial score (nSPS) is 11.0. The molecule has 1 heterocycles. The van der Waals surface area contributed by atoms with Crippen molar-refractivity contribution < 1.29 is 14.3 Å². The number of pyridine rings is 1. The lowest BCUT2D eigenvalue weighted by molar-refractivity contribution is -0.137. The van der Waals surface area contributed by atoms with Crippen LogP contribution in [0.15, 0.2) is 60.4 Å². The largest absolute Gasteiger partial charge is 0.462 e. The molecule has 4 nitrogen and oxygen atoms in total. The maximum absolute atomic E-state index is 12.5. The second kappa shape index (κ2) is 7.14. The number of nitrogens with zero attached hydrogens (tertiary/aromatic N) is 1. The summed E-state index contributed by atoms with van der Waals surface area (Å²) in [7, 11) is 0. The predicted molar refractivity (Wildman–Crippen MR) is 79.6 cm³/mol. The summed E-state index contributed by atoms with van der Waals surface area (Å²) >= 11 is 0. The van der Waals surface area contributed by atoms with Crippen molar-refractivity contribution in [2.75, 3.05) is 6.61 Å². The van der Waals surface area contributed by atoms with E-state index in [2.05, 4.69) is 4.98 Å². The Morgan fingerprint density at radius 2 is 1.76 bits per heavy atom. The van der Waals surface area contributed by atoms with Gasteiger partial charge in [-0.3, -0.25) is 9.78 Å². The molecule has 4 heteroatoms. The Balaban J connectivity index is 2.40. The van der Waals surface area contributed by atoms with Gasteiger partial charge in [0, 0.05) is 18.0 Å². The molecule has 1 aromatic heterocycles. The Morgan fingerprint density at radius 3 is 2.38 bits per heavy atom. The van der Waals surface area contributed by atoms with E-state index >= 15 is 0 Å². The third-order valence-corrected chi connectivity index (χ3v) is 2.79. The van der Waals surface area contributed by atoms with E-state index in [-0.39, 0.29) is 18.0 Å². The van der Waals surface area contributed by atoms with Crippen LogP contribution in [0.5, 0.6) is 0 Å². The molecule has 0 spiro atoms. The van der Waals surface area contributed by atoms with Crippen molar-refractivity contribution in [1.82, 2.24) is 4.98 Å². The number of aromatic nitrogens is 1. The summed E-state index contributed by atoms with van der Waals surface area (Å²) in [5.41, 5.74) is 1.18. The molecular formula is C17H15NO3. The van der Waals surface area contributed by atoms with Gasteiger partial charge in [-0.25, -0.2) is 4.79 Å². The van der Waals surface area contributed by atoms with Gasteiger partial charge in [0.1, 0.15) is 5.57 Å². The van der Waals surface area contributed by atoms with Crippen molar-refractivity contribution in [1.29, 1.82) is 0 Å². The summed E-state index contributed by atoms with van der Waals surface area (Å²) < 4.78 is 4.98. The van der Waals surface area contributed by atoms with E-state index in [0.29, 0.717) is 5.56 Å². The van der Waals surface area contributed by atoms with Crippen molar-refractivity contribution in [3.63, 3.8) is 0 Å². The average molecular weight is 281 g/mol. The zero-order valence-corrected chi connectivity index (χ0v) is 11.7. The number of ketones is 1. The first kappa shape index (κ1) is 14.7. The van der Waals surface area contributed by atoms with Crippen LogP contribution in [-0.4, -0.2) is 23.3 Å². The summed E-state index contributed by atoms with van der Waals surface area (Å²) in [6, 6.07) is 12.1. The highest BCUT2D eigenvalue weighted by Crippen LogP contribution is 2.14. The molecule has 1 aromatic carbocycles. The van der Waals surface area contributed by atoms with Gasteiger partial charge in [0.05, 0.1) is 6.61 Å². The lowest BCUT2D eigenvalue weighted by atomic mass is 10.0. The number of Topliss-reactive ketones (excluding diaryl/α,β-unsaturated/α-hetero) is 1. The first-order chi connectivity index (χ1) is 10.2. The van der Waals surface area contributed by atoms with E-state index in [0.717, 1.165) is 5.56 Å². The minimum Gasteiger partial charge on any atom is -0.462 e. The van der Waals surface area contributed by atoms with Crippen LogP contribution in [0.3, 0.4) is 0 Å². The van der Waals surface area contributed by atoms with Crippen LogP contribution in [0.4, 0.5) is 0 Å². The van der Waals surface area contributed by atoms with Gasteiger partial charge >= 0.3 is 5.97 Å². The molecule has 0 amide bonds. The van der Waals surface area contributed by atoms with E-state index in [9.17, 15) is 9.59 Å². The molecular weight excluding hydrogens is 266 g/mol. The average Bonchev–Trinajstić information content (AvgIpc) is 2.54. The first-order valence-corrected chi connectivity index (χ1v) is 6.61. The van der Waals surface area contributed by atoms with E-state index in [1.54, 1.807) is 55.7 Å². The molecule has 0 aliphatic rings. The van der Waals surface area contributed by atoms with Crippen LogP contribution in [-0.2, 0) is 9.53 Å². The highest BCUT2D eigenvalue weighted by Gasteiger charge is 2.20. The SMILES string of the molecule is CCOC(=O)C(=Cc1ccncc1)C(=O)c1ccccc1. The minimum absolute atomic E-state index is 0.00856. The maximum Gasteiger partial charge on any atom is 0.342 e. The smallest absolute Gasteiger partial charge is 0.342 e. The van der Waals surface area contributed by atoms with Crippen molar-refractivity contribution in [3.05, 3.63) is 71.6 Å². The molecule has 2 aromatic rings. The fourth-order valence-corrected chi connectivity index (χ4v) is 1.80. The zero-order valence-electron chi connectivity index (χ0n) is 11.7. The summed E-state index contributed by atoms with van der Waals surface area (Å²) in [5.74, 6) is -0.978. The Kier molecular flexibility index (Phi) is 4.99. The second-order valence-electron chi connectivity index (χ2n) is 4.25. The molecule has 0 aliphatic heterocycles. The molecule has 0 saturated heterocycles. The number of benzene rings is 1. The van der Waals surface area contributed by atoms with Crippen LogP contribution in [0.2, 0.25) is 0 Å². The number of ether oxygens (including phenoxy) is 1. The van der Waals surface area contributed by atoms with Crippen LogP contribution in [0.1, 0.15) is 22.8 Å². The number of esters is 1. The molecule has 106 valence electrons. The van der Waals surface area contributed by atoms with Crippen molar-refractivity contribution >= 4 is 17.8 Å². The van der Waals surface area contributed by atoms with Gasteiger partial charge in [-0.1, -0.05) is 30.3 Å². The van der Waals surface area contributed by atoms with E-state index in [4.69, 9.17) is 4.74 Å². The van der Waals surface area contributed by atoms with Gasteiger partial charge < -0.3 is 4.74 Å². The highest BCUT2D eigenvalue weighted by atomic mass is 16.5. The van der Waals surface area contributed by atoms with Gasteiger partial charge in [0.15, 0.2) is 5.78 Å². The summed E-state index contributed by atoms with van der Waals surface area (Å²) in [4.78, 5) is 28.4. The zero-order chi connectivity index (χ0) is 15.1. The van der Waals surface area contributed by atoms with Gasteiger partial charge in [-0.15, -0.1) is 0 Å². The van der Waals surface area contributed by atoms with Crippen LogP contribution < -0.4 is 0 Å². The molecule has 2 rings (SSSR count). The van der Waals surface area contributed by atoms with Gasteiger partial charge in [0.2, 0.25) is 0 Å². The quantitative estimate of drug-likeness (QED) is 0.278. The third-order valence-electron chi connectivity index (χ3n) is 2.79. The highest BCUT2D eigenvalue weighted by molar-refractivity contribution is 6.26. The van der Waals surface area contributed by atoms with E-state index < -0.39 is 5.97 Å². The standard InChI is InChI=1S/C17H15NO3/c1-2-21-17(20)15(12-13-8-10-18-11-9-13)16(19)14-6-4-3-5-7-14/h3-12H,2H2,1H3. The Morgan fingerprint density at radius 1 is 1.10 bits per heavy atom. The summed E-state index contributed by atoms with van der Waals surface area (Å²) in [6.45, 7) is 1.92. The summed E-state index contributed by atoms with van der Waals surface area (Å²) in [5, 5.41) is 0. The van der Waals surface area contributed by atoms with Gasteiger partial charge in [-0.2, -0.15) is 0 Å². The number of hydrogen-bond acceptors (Lipinski definition) is 4. The molecule has 0 aliphatic carbocycles. The molecule has 0 unspecified atom stereocenters.